The average molecular weight is 449 g/mol. The molecule has 2 aliphatic rings. The number of benzene rings is 2. The van der Waals surface area contributed by atoms with Crippen molar-refractivity contribution in [3.63, 3.8) is 0 Å². The smallest absolute Gasteiger partial charge is 0.163 e. The average Bonchev–Trinajstić information content (AvgIpc) is 2.69. The van der Waals surface area contributed by atoms with Gasteiger partial charge in [-0.05, 0) is 27.8 Å². The van der Waals surface area contributed by atoms with E-state index < -0.39 is 17.3 Å². The fourth-order valence-electron chi connectivity index (χ4n) is 5.68. The molecule has 0 aromatic heterocycles. The number of rotatable bonds is 4. The van der Waals surface area contributed by atoms with Gasteiger partial charge in [0.25, 0.3) is 0 Å². The zero-order chi connectivity index (χ0) is 24.1. The van der Waals surface area contributed by atoms with Crippen molar-refractivity contribution in [3.8, 4) is 5.75 Å². The SMILES string of the molecule is COc1ccc([C@H](C2=C(O)CC(C)(C)CC2=O)C2C(=O)CC(C)(C)CC2=O)c2ccccc12. The van der Waals surface area contributed by atoms with Gasteiger partial charge in [0.1, 0.15) is 23.1 Å². The van der Waals surface area contributed by atoms with Crippen LogP contribution in [0.25, 0.3) is 10.8 Å². The predicted molar refractivity (Wildman–Crippen MR) is 127 cm³/mol. The number of aliphatic hydroxyl groups is 1. The van der Waals surface area contributed by atoms with Crippen LogP contribution in [0.4, 0.5) is 0 Å². The number of hydrogen-bond donors (Lipinski definition) is 1. The lowest BCUT2D eigenvalue weighted by atomic mass is 9.62. The molecule has 174 valence electrons. The molecule has 1 saturated carbocycles. The molecule has 0 spiro atoms. The summed E-state index contributed by atoms with van der Waals surface area (Å²) in [6, 6.07) is 11.3. The van der Waals surface area contributed by atoms with Crippen molar-refractivity contribution in [2.75, 3.05) is 7.11 Å². The number of hydrogen-bond acceptors (Lipinski definition) is 5. The third-order valence-corrected chi connectivity index (χ3v) is 7.01. The van der Waals surface area contributed by atoms with Gasteiger partial charge in [-0.1, -0.05) is 58.0 Å². The van der Waals surface area contributed by atoms with E-state index in [2.05, 4.69) is 0 Å². The van der Waals surface area contributed by atoms with Crippen molar-refractivity contribution in [1.82, 2.24) is 0 Å². The highest BCUT2D eigenvalue weighted by Gasteiger charge is 2.48. The fourth-order valence-corrected chi connectivity index (χ4v) is 5.68. The Morgan fingerprint density at radius 1 is 0.848 bits per heavy atom. The summed E-state index contributed by atoms with van der Waals surface area (Å²) in [6.45, 7) is 7.72. The maximum atomic E-state index is 13.4. The Morgan fingerprint density at radius 2 is 1.42 bits per heavy atom. The number of carbonyl (C=O) groups excluding carboxylic acids is 3. The molecule has 4 rings (SSSR count). The van der Waals surface area contributed by atoms with E-state index in [4.69, 9.17) is 4.74 Å². The molecular weight excluding hydrogens is 416 g/mol. The Bertz CT molecular complexity index is 1160. The Hall–Kier alpha value is -2.95. The van der Waals surface area contributed by atoms with Crippen molar-refractivity contribution >= 4 is 28.1 Å². The second-order valence-corrected chi connectivity index (χ2v) is 11.1. The number of allylic oxidation sites excluding steroid dienone is 2. The van der Waals surface area contributed by atoms with Crippen LogP contribution in [0.1, 0.15) is 64.9 Å². The molecule has 1 N–H and O–H groups in total. The van der Waals surface area contributed by atoms with Gasteiger partial charge in [-0.2, -0.15) is 0 Å². The van der Waals surface area contributed by atoms with E-state index in [1.165, 1.54) is 0 Å². The zero-order valence-electron chi connectivity index (χ0n) is 20.0. The minimum absolute atomic E-state index is 0.00779. The van der Waals surface area contributed by atoms with Crippen LogP contribution in [0.5, 0.6) is 5.75 Å². The molecule has 0 amide bonds. The Labute approximate surface area is 194 Å². The molecule has 33 heavy (non-hydrogen) atoms. The quantitative estimate of drug-likeness (QED) is 0.606. The summed E-state index contributed by atoms with van der Waals surface area (Å²) in [6.07, 6.45) is 1.13. The molecule has 2 aromatic rings. The maximum absolute atomic E-state index is 13.4. The molecule has 2 aliphatic carbocycles. The summed E-state index contributed by atoms with van der Waals surface area (Å²) in [4.78, 5) is 40.2. The van der Waals surface area contributed by atoms with Gasteiger partial charge >= 0.3 is 0 Å². The molecule has 0 bridgehead atoms. The molecule has 5 heteroatoms. The molecule has 2 aromatic carbocycles. The minimum Gasteiger partial charge on any atom is -0.512 e. The summed E-state index contributed by atoms with van der Waals surface area (Å²) in [5, 5.41) is 12.7. The second-order valence-electron chi connectivity index (χ2n) is 11.1. The summed E-state index contributed by atoms with van der Waals surface area (Å²) >= 11 is 0. The van der Waals surface area contributed by atoms with Gasteiger partial charge in [0.05, 0.1) is 13.0 Å². The standard InChI is InChI=1S/C28H32O5/c1-27(2)12-19(29)25(20(30)13-27)24(26-21(31)14-28(3,4)15-22(26)32)18-10-11-23(33-5)17-9-7-6-8-16(17)18/h6-11,24-25,31H,12-15H2,1-5H3/t24-/m0/s1. The van der Waals surface area contributed by atoms with Gasteiger partial charge in [0.2, 0.25) is 0 Å². The molecule has 5 nitrogen and oxygen atoms in total. The Kier molecular flexibility index (Phi) is 5.71. The van der Waals surface area contributed by atoms with Crippen LogP contribution in [-0.2, 0) is 14.4 Å². The third-order valence-electron chi connectivity index (χ3n) is 7.01. The van der Waals surface area contributed by atoms with Crippen molar-refractivity contribution in [1.29, 1.82) is 0 Å². The van der Waals surface area contributed by atoms with Crippen LogP contribution >= 0.6 is 0 Å². The number of aliphatic hydroxyl groups excluding tert-OH is 1. The van der Waals surface area contributed by atoms with Crippen molar-refractivity contribution < 1.29 is 24.2 Å². The second kappa shape index (κ2) is 8.12. The first kappa shape index (κ1) is 23.2. The molecule has 0 aliphatic heterocycles. The van der Waals surface area contributed by atoms with E-state index in [9.17, 15) is 19.5 Å². The first-order valence-electron chi connectivity index (χ1n) is 11.5. The number of carbonyl (C=O) groups is 3. The third kappa shape index (κ3) is 4.21. The van der Waals surface area contributed by atoms with Crippen LogP contribution in [0.15, 0.2) is 47.7 Å². The van der Waals surface area contributed by atoms with Crippen LogP contribution in [0.2, 0.25) is 0 Å². The molecule has 1 atom stereocenters. The molecular formula is C28H32O5. The van der Waals surface area contributed by atoms with Gasteiger partial charge in [-0.15, -0.1) is 0 Å². The number of Topliss-reactive ketones (excluding diaryl/α,β-unsaturated/α-hetero) is 3. The van der Waals surface area contributed by atoms with Gasteiger partial charge in [-0.25, -0.2) is 0 Å². The van der Waals surface area contributed by atoms with Crippen LogP contribution in [0.3, 0.4) is 0 Å². The topological polar surface area (TPSA) is 80.7 Å². The number of ketones is 3. The molecule has 0 heterocycles. The minimum atomic E-state index is -0.989. The molecule has 0 unspecified atom stereocenters. The monoisotopic (exact) mass is 448 g/mol. The highest BCUT2D eigenvalue weighted by atomic mass is 16.5. The summed E-state index contributed by atoms with van der Waals surface area (Å²) < 4.78 is 5.53. The molecule has 0 saturated heterocycles. The largest absolute Gasteiger partial charge is 0.512 e. The number of ether oxygens (including phenoxy) is 1. The van der Waals surface area contributed by atoms with Crippen LogP contribution in [-0.4, -0.2) is 29.6 Å². The number of methoxy groups -OCH3 is 1. The number of fused-ring (bicyclic) bond motifs is 1. The van der Waals surface area contributed by atoms with E-state index in [0.29, 0.717) is 17.7 Å². The zero-order valence-corrected chi connectivity index (χ0v) is 20.0. The Balaban J connectivity index is 1.98. The Morgan fingerprint density at radius 3 is 2.00 bits per heavy atom. The van der Waals surface area contributed by atoms with Crippen molar-refractivity contribution in [3.05, 3.63) is 53.3 Å². The van der Waals surface area contributed by atoms with E-state index in [1.807, 2.05) is 58.0 Å². The highest BCUT2D eigenvalue weighted by Crippen LogP contribution is 2.49. The van der Waals surface area contributed by atoms with Gasteiger partial charge in [-0.3, -0.25) is 14.4 Å². The summed E-state index contributed by atoms with van der Waals surface area (Å²) in [5.74, 6) is -1.67. The van der Waals surface area contributed by atoms with E-state index in [-0.39, 0.29) is 53.4 Å². The van der Waals surface area contributed by atoms with E-state index in [1.54, 1.807) is 13.2 Å². The first-order valence-corrected chi connectivity index (χ1v) is 11.5. The molecule has 0 radical (unpaired) electrons. The first-order chi connectivity index (χ1) is 15.4. The maximum Gasteiger partial charge on any atom is 0.163 e. The lowest BCUT2D eigenvalue weighted by Gasteiger charge is -2.39. The lowest BCUT2D eigenvalue weighted by Crippen LogP contribution is -2.43. The van der Waals surface area contributed by atoms with Gasteiger partial charge < -0.3 is 9.84 Å². The van der Waals surface area contributed by atoms with Gasteiger partial charge in [0, 0.05) is 42.6 Å². The van der Waals surface area contributed by atoms with E-state index in [0.717, 1.165) is 10.8 Å². The van der Waals surface area contributed by atoms with Crippen LogP contribution < -0.4 is 4.74 Å². The normalized spacial score (nSPS) is 22.0. The molecule has 1 fully saturated rings. The lowest BCUT2D eigenvalue weighted by molar-refractivity contribution is -0.140. The van der Waals surface area contributed by atoms with Crippen LogP contribution in [0, 0.1) is 16.7 Å². The fraction of sp³-hybridized carbons (Fsp3) is 0.464. The van der Waals surface area contributed by atoms with Crippen molar-refractivity contribution in [2.45, 2.75) is 59.3 Å². The van der Waals surface area contributed by atoms with E-state index >= 15 is 0 Å². The summed E-state index contributed by atoms with van der Waals surface area (Å²) in [7, 11) is 1.59. The van der Waals surface area contributed by atoms with Crippen molar-refractivity contribution in [2.24, 2.45) is 16.7 Å². The van der Waals surface area contributed by atoms with Gasteiger partial charge in [0.15, 0.2) is 5.78 Å². The highest BCUT2D eigenvalue weighted by molar-refractivity contribution is 6.10. The summed E-state index contributed by atoms with van der Waals surface area (Å²) in [5.41, 5.74) is 0.134. The predicted octanol–water partition coefficient (Wildman–Crippen LogP) is 5.71.